The van der Waals surface area contributed by atoms with E-state index in [1.54, 1.807) is 30.5 Å². The maximum atomic E-state index is 12.0. The molecule has 28 heavy (non-hydrogen) atoms. The third-order valence-corrected chi connectivity index (χ3v) is 4.13. The van der Waals surface area contributed by atoms with Crippen LogP contribution in [-0.2, 0) is 6.42 Å². The van der Waals surface area contributed by atoms with Crippen molar-refractivity contribution in [3.63, 3.8) is 0 Å². The number of aliphatic imine (C=N–C) groups is 1. The fraction of sp³-hybridized carbons (Fsp3) is 0.150. The summed E-state index contributed by atoms with van der Waals surface area (Å²) in [6.07, 6.45) is 1.99. The molecule has 0 fully saturated rings. The average molecular weight is 399 g/mol. The molecule has 7 nitrogen and oxygen atoms in total. The van der Waals surface area contributed by atoms with E-state index in [2.05, 4.69) is 15.2 Å². The van der Waals surface area contributed by atoms with Crippen LogP contribution in [0.1, 0.15) is 27.2 Å². The lowest BCUT2D eigenvalue weighted by molar-refractivity contribution is 0.100. The molecule has 3 rings (SSSR count). The monoisotopic (exact) mass is 398 g/mol. The van der Waals surface area contributed by atoms with Crippen molar-refractivity contribution >= 4 is 29.5 Å². The van der Waals surface area contributed by atoms with Crippen molar-refractivity contribution in [1.29, 1.82) is 0 Å². The summed E-state index contributed by atoms with van der Waals surface area (Å²) in [5.74, 6) is 0.209. The van der Waals surface area contributed by atoms with Crippen LogP contribution in [-0.4, -0.2) is 40.6 Å². The number of aromatic amines is 1. The second-order valence-corrected chi connectivity index (χ2v) is 6.41. The predicted molar refractivity (Wildman–Crippen MR) is 108 cm³/mol. The number of hydrogen-bond acceptors (Lipinski definition) is 5. The van der Waals surface area contributed by atoms with E-state index in [1.807, 2.05) is 24.3 Å². The number of H-pyrrole nitrogens is 1. The summed E-state index contributed by atoms with van der Waals surface area (Å²) in [6.45, 7) is 0.140. The molecule has 0 radical (unpaired) electrons. The number of hydrogen-bond donors (Lipinski definition) is 3. The number of aromatic nitrogens is 2. The van der Waals surface area contributed by atoms with Gasteiger partial charge in [0.25, 0.3) is 5.91 Å². The molecule has 2 aromatic carbocycles. The van der Waals surface area contributed by atoms with E-state index < -0.39 is 5.91 Å². The third kappa shape index (κ3) is 4.97. The number of benzene rings is 2. The van der Waals surface area contributed by atoms with E-state index >= 15 is 0 Å². The molecule has 0 saturated carbocycles. The van der Waals surface area contributed by atoms with Gasteiger partial charge in [-0.05, 0) is 35.4 Å². The zero-order chi connectivity index (χ0) is 19.9. The van der Waals surface area contributed by atoms with Gasteiger partial charge in [0.1, 0.15) is 17.9 Å². The van der Waals surface area contributed by atoms with Crippen molar-refractivity contribution in [2.75, 3.05) is 13.2 Å². The SMILES string of the molecule is NC(=O)c1c(N=Cc2cccc(OCCO)c2)n[nH]c1Cc1cccc(Cl)c1. The largest absolute Gasteiger partial charge is 0.491 e. The Hall–Kier alpha value is -3.16. The van der Waals surface area contributed by atoms with Gasteiger partial charge in [-0.3, -0.25) is 9.89 Å². The number of nitrogens with two attached hydrogens (primary N) is 1. The number of rotatable bonds is 8. The Morgan fingerprint density at radius 1 is 1.29 bits per heavy atom. The van der Waals surface area contributed by atoms with E-state index in [4.69, 9.17) is 27.2 Å². The smallest absolute Gasteiger partial charge is 0.254 e. The van der Waals surface area contributed by atoms with Crippen molar-refractivity contribution in [1.82, 2.24) is 10.2 Å². The van der Waals surface area contributed by atoms with Gasteiger partial charge >= 0.3 is 0 Å². The predicted octanol–water partition coefficient (Wildman–Crippen LogP) is 2.87. The molecule has 3 aromatic rings. The lowest BCUT2D eigenvalue weighted by Gasteiger charge is -2.04. The van der Waals surface area contributed by atoms with Gasteiger partial charge in [-0.1, -0.05) is 35.9 Å². The molecule has 8 heteroatoms. The Kier molecular flexibility index (Phi) is 6.41. The number of halogens is 1. The van der Waals surface area contributed by atoms with Crippen LogP contribution in [0.15, 0.2) is 53.5 Å². The summed E-state index contributed by atoms with van der Waals surface area (Å²) in [4.78, 5) is 16.3. The summed E-state index contributed by atoms with van der Waals surface area (Å²) in [5.41, 5.74) is 8.03. The number of carbonyl (C=O) groups is 1. The molecule has 0 spiro atoms. The van der Waals surface area contributed by atoms with Crippen LogP contribution in [0.25, 0.3) is 0 Å². The van der Waals surface area contributed by atoms with Gasteiger partial charge < -0.3 is 15.6 Å². The minimum Gasteiger partial charge on any atom is -0.491 e. The third-order valence-electron chi connectivity index (χ3n) is 3.89. The first kappa shape index (κ1) is 19.6. The molecule has 1 aromatic heterocycles. The van der Waals surface area contributed by atoms with Crippen LogP contribution in [0.4, 0.5) is 5.82 Å². The molecule has 1 amide bonds. The van der Waals surface area contributed by atoms with Crippen LogP contribution in [0.2, 0.25) is 5.02 Å². The summed E-state index contributed by atoms with van der Waals surface area (Å²) < 4.78 is 5.37. The number of nitrogens with one attached hydrogen (secondary N) is 1. The molecule has 0 atom stereocenters. The van der Waals surface area contributed by atoms with E-state index in [0.29, 0.717) is 22.9 Å². The van der Waals surface area contributed by atoms with E-state index in [9.17, 15) is 4.79 Å². The maximum absolute atomic E-state index is 12.0. The number of aliphatic hydroxyl groups excluding tert-OH is 1. The van der Waals surface area contributed by atoms with Crippen molar-refractivity contribution in [2.24, 2.45) is 10.7 Å². The van der Waals surface area contributed by atoms with Gasteiger partial charge in [0.05, 0.1) is 12.3 Å². The van der Waals surface area contributed by atoms with Crippen molar-refractivity contribution in [3.05, 3.63) is 75.9 Å². The number of carbonyl (C=O) groups excluding carboxylic acids is 1. The molecule has 0 aliphatic carbocycles. The summed E-state index contributed by atoms with van der Waals surface area (Å²) in [7, 11) is 0. The second kappa shape index (κ2) is 9.16. The van der Waals surface area contributed by atoms with E-state index in [-0.39, 0.29) is 24.6 Å². The molecule has 1 heterocycles. The van der Waals surface area contributed by atoms with Crippen LogP contribution < -0.4 is 10.5 Å². The molecule has 4 N–H and O–H groups in total. The molecular weight excluding hydrogens is 380 g/mol. The highest BCUT2D eigenvalue weighted by Crippen LogP contribution is 2.23. The average Bonchev–Trinajstić information content (AvgIpc) is 3.08. The van der Waals surface area contributed by atoms with E-state index in [1.165, 1.54) is 0 Å². The Labute approximate surface area is 166 Å². The van der Waals surface area contributed by atoms with Crippen LogP contribution in [0.3, 0.4) is 0 Å². The van der Waals surface area contributed by atoms with Crippen LogP contribution in [0, 0.1) is 0 Å². The van der Waals surface area contributed by atoms with Gasteiger partial charge in [0.15, 0.2) is 5.82 Å². The van der Waals surface area contributed by atoms with Crippen molar-refractivity contribution < 1.29 is 14.6 Å². The fourth-order valence-corrected chi connectivity index (χ4v) is 2.90. The molecule has 0 bridgehead atoms. The molecular formula is C20H19ClN4O3. The Balaban J connectivity index is 1.83. The number of amides is 1. The molecule has 0 unspecified atom stereocenters. The van der Waals surface area contributed by atoms with Crippen molar-refractivity contribution in [2.45, 2.75) is 6.42 Å². The van der Waals surface area contributed by atoms with Gasteiger partial charge in [-0.2, -0.15) is 5.10 Å². The minimum absolute atomic E-state index is 0.0665. The fourth-order valence-electron chi connectivity index (χ4n) is 2.68. The molecule has 0 aliphatic rings. The maximum Gasteiger partial charge on any atom is 0.254 e. The molecule has 0 aliphatic heterocycles. The van der Waals surface area contributed by atoms with Crippen LogP contribution >= 0.6 is 11.6 Å². The topological polar surface area (TPSA) is 114 Å². The highest BCUT2D eigenvalue weighted by Gasteiger charge is 2.18. The summed E-state index contributed by atoms with van der Waals surface area (Å²) in [6, 6.07) is 14.5. The van der Waals surface area contributed by atoms with Crippen LogP contribution in [0.5, 0.6) is 5.75 Å². The number of primary amides is 1. The second-order valence-electron chi connectivity index (χ2n) is 5.97. The van der Waals surface area contributed by atoms with Gasteiger partial charge in [-0.25, -0.2) is 4.99 Å². The zero-order valence-corrected chi connectivity index (χ0v) is 15.7. The standard InChI is InChI=1S/C20H19ClN4O3/c21-15-5-1-3-13(9-15)11-17-18(19(22)27)20(25-24-17)23-12-14-4-2-6-16(10-14)28-8-7-26/h1-6,9-10,12,26H,7-8,11H2,(H2,22,27)(H,24,25). The lowest BCUT2D eigenvalue weighted by Crippen LogP contribution is -2.13. The quantitative estimate of drug-likeness (QED) is 0.506. The highest BCUT2D eigenvalue weighted by atomic mass is 35.5. The first-order valence-electron chi connectivity index (χ1n) is 8.56. The van der Waals surface area contributed by atoms with Crippen molar-refractivity contribution in [3.8, 4) is 5.75 Å². The van der Waals surface area contributed by atoms with E-state index in [0.717, 1.165) is 11.1 Å². The highest BCUT2D eigenvalue weighted by molar-refractivity contribution is 6.30. The Morgan fingerprint density at radius 2 is 2.11 bits per heavy atom. The first-order chi connectivity index (χ1) is 13.6. The number of nitrogens with zero attached hydrogens (tertiary/aromatic N) is 2. The van der Waals surface area contributed by atoms with Gasteiger partial charge in [0, 0.05) is 17.7 Å². The van der Waals surface area contributed by atoms with Gasteiger partial charge in [-0.15, -0.1) is 0 Å². The molecule has 0 saturated heterocycles. The lowest BCUT2D eigenvalue weighted by atomic mass is 10.1. The molecule has 144 valence electrons. The number of ether oxygens (including phenoxy) is 1. The minimum atomic E-state index is -0.613. The summed E-state index contributed by atoms with van der Waals surface area (Å²) >= 11 is 6.02. The Morgan fingerprint density at radius 3 is 2.86 bits per heavy atom. The summed E-state index contributed by atoms with van der Waals surface area (Å²) in [5, 5.41) is 16.4. The van der Waals surface area contributed by atoms with Gasteiger partial charge in [0.2, 0.25) is 0 Å². The Bertz CT molecular complexity index is 1000. The zero-order valence-electron chi connectivity index (χ0n) is 14.9. The number of aliphatic hydroxyl groups is 1. The normalized spacial score (nSPS) is 11.1. The first-order valence-corrected chi connectivity index (χ1v) is 8.94.